The molecule has 0 aliphatic heterocycles. The Bertz CT molecular complexity index is 149. The molecule has 0 aromatic heterocycles. The molecule has 1 rings (SSSR count). The third-order valence-electron chi connectivity index (χ3n) is 1.91. The van der Waals surface area contributed by atoms with Crippen LogP contribution in [0.2, 0.25) is 0 Å². The highest BCUT2D eigenvalue weighted by molar-refractivity contribution is 7.82. The molecule has 0 nitrogen and oxygen atoms in total. The van der Waals surface area contributed by atoms with Crippen molar-refractivity contribution in [3.05, 3.63) is 24.8 Å². The van der Waals surface area contributed by atoms with E-state index in [4.69, 9.17) is 0 Å². The van der Waals surface area contributed by atoms with Gasteiger partial charge in [0.2, 0.25) is 0 Å². The van der Waals surface area contributed by atoms with E-state index >= 15 is 0 Å². The predicted octanol–water partition coefficient (Wildman–Crippen LogP) is 2.97. The summed E-state index contributed by atoms with van der Waals surface area (Å²) in [5.41, 5.74) is 0. The molecule has 1 heteroatoms. The van der Waals surface area contributed by atoms with Crippen molar-refractivity contribution in [3.8, 4) is 0 Å². The Morgan fingerprint density at radius 1 is 1.70 bits per heavy atom. The summed E-state index contributed by atoms with van der Waals surface area (Å²) in [6, 6.07) is 0. The zero-order chi connectivity index (χ0) is 7.45. The molecule has 0 saturated heterocycles. The van der Waals surface area contributed by atoms with Crippen LogP contribution in [-0.4, -0.2) is 4.75 Å². The molecule has 0 unspecified atom stereocenters. The van der Waals surface area contributed by atoms with E-state index in [0.29, 0.717) is 0 Å². The largest absolute Gasteiger partial charge is 0.168 e. The van der Waals surface area contributed by atoms with Gasteiger partial charge in [-0.05, 0) is 25.7 Å². The van der Waals surface area contributed by atoms with Crippen molar-refractivity contribution in [3.63, 3.8) is 0 Å². The van der Waals surface area contributed by atoms with Crippen LogP contribution in [0.1, 0.15) is 25.7 Å². The Morgan fingerprint density at radius 3 is 3.00 bits per heavy atom. The van der Waals surface area contributed by atoms with Crippen molar-refractivity contribution < 1.29 is 0 Å². The predicted molar refractivity (Wildman–Crippen MR) is 49.5 cm³/mol. The first-order valence-electron chi connectivity index (χ1n) is 3.78. The molecule has 1 atom stereocenters. The van der Waals surface area contributed by atoms with Crippen molar-refractivity contribution in [2.75, 3.05) is 0 Å². The number of thiol groups is 1. The van der Waals surface area contributed by atoms with Gasteiger partial charge in [-0.2, -0.15) is 12.6 Å². The van der Waals surface area contributed by atoms with Gasteiger partial charge in [0.25, 0.3) is 0 Å². The van der Waals surface area contributed by atoms with Crippen molar-refractivity contribution in [1.29, 1.82) is 0 Å². The maximum atomic E-state index is 4.57. The molecule has 10 heavy (non-hydrogen) atoms. The lowest BCUT2D eigenvalue weighted by Crippen LogP contribution is -2.19. The number of hydrogen-bond acceptors (Lipinski definition) is 1. The first-order chi connectivity index (χ1) is 4.77. The molecule has 0 N–H and O–H groups in total. The molecule has 56 valence electrons. The van der Waals surface area contributed by atoms with E-state index in [9.17, 15) is 0 Å². The molecular formula is C9H14S. The lowest BCUT2D eigenvalue weighted by Gasteiger charge is -2.26. The second kappa shape index (κ2) is 3.29. The van der Waals surface area contributed by atoms with E-state index in [2.05, 4.69) is 31.4 Å². The molecule has 0 heterocycles. The molecule has 0 amide bonds. The third-order valence-corrected chi connectivity index (χ3v) is 2.46. The Morgan fingerprint density at radius 2 is 2.50 bits per heavy atom. The van der Waals surface area contributed by atoms with Gasteiger partial charge in [-0.15, -0.1) is 6.58 Å². The molecule has 1 aliphatic rings. The van der Waals surface area contributed by atoms with Gasteiger partial charge in [0.1, 0.15) is 0 Å². The third kappa shape index (κ3) is 1.91. The van der Waals surface area contributed by atoms with E-state index in [0.717, 1.165) is 6.42 Å². The van der Waals surface area contributed by atoms with Crippen LogP contribution < -0.4 is 0 Å². The maximum Gasteiger partial charge on any atom is 0.0343 e. The van der Waals surface area contributed by atoms with Crippen LogP contribution in [0.4, 0.5) is 0 Å². The summed E-state index contributed by atoms with van der Waals surface area (Å²) < 4.78 is 0.125. The van der Waals surface area contributed by atoms with Gasteiger partial charge in [-0.3, -0.25) is 0 Å². The number of hydrogen-bond donors (Lipinski definition) is 1. The highest BCUT2D eigenvalue weighted by Gasteiger charge is 2.21. The monoisotopic (exact) mass is 154 g/mol. The number of rotatable bonds is 2. The normalized spacial score (nSPS) is 32.1. The summed E-state index contributed by atoms with van der Waals surface area (Å²) in [5.74, 6) is 0. The van der Waals surface area contributed by atoms with Crippen molar-refractivity contribution in [2.24, 2.45) is 0 Å². The average molecular weight is 154 g/mol. The van der Waals surface area contributed by atoms with Crippen molar-refractivity contribution in [2.45, 2.75) is 30.4 Å². The summed E-state index contributed by atoms with van der Waals surface area (Å²) in [6.45, 7) is 3.72. The molecule has 0 bridgehead atoms. The summed E-state index contributed by atoms with van der Waals surface area (Å²) in [6.07, 6.45) is 11.1. The van der Waals surface area contributed by atoms with E-state index in [-0.39, 0.29) is 4.75 Å². The zero-order valence-corrected chi connectivity index (χ0v) is 7.11. The minimum absolute atomic E-state index is 0.125. The van der Waals surface area contributed by atoms with Crippen LogP contribution in [0.3, 0.4) is 0 Å². The minimum atomic E-state index is 0.125. The Balaban J connectivity index is 2.56. The first kappa shape index (κ1) is 7.93. The van der Waals surface area contributed by atoms with Gasteiger partial charge < -0.3 is 0 Å². The van der Waals surface area contributed by atoms with Gasteiger partial charge in [-0.25, -0.2) is 0 Å². The van der Waals surface area contributed by atoms with Crippen molar-refractivity contribution >= 4 is 12.6 Å². The number of allylic oxidation sites excluding steroid dienone is 2. The van der Waals surface area contributed by atoms with Crippen molar-refractivity contribution in [1.82, 2.24) is 0 Å². The molecule has 0 fully saturated rings. The van der Waals surface area contributed by atoms with Crippen LogP contribution >= 0.6 is 12.6 Å². The zero-order valence-electron chi connectivity index (χ0n) is 6.21. The highest BCUT2D eigenvalue weighted by Crippen LogP contribution is 2.31. The Kier molecular flexibility index (Phi) is 2.61. The van der Waals surface area contributed by atoms with E-state index in [1.165, 1.54) is 19.3 Å². The van der Waals surface area contributed by atoms with Gasteiger partial charge in [0.15, 0.2) is 0 Å². The van der Waals surface area contributed by atoms with E-state index < -0.39 is 0 Å². The first-order valence-corrected chi connectivity index (χ1v) is 4.22. The minimum Gasteiger partial charge on any atom is -0.168 e. The summed E-state index contributed by atoms with van der Waals surface area (Å²) in [7, 11) is 0. The Hall–Kier alpha value is -0.170. The highest BCUT2D eigenvalue weighted by atomic mass is 32.1. The fourth-order valence-corrected chi connectivity index (χ4v) is 1.72. The van der Waals surface area contributed by atoms with Crippen LogP contribution in [-0.2, 0) is 0 Å². The SMILES string of the molecule is C=CC[C@]1(S)C=CCCC1. The topological polar surface area (TPSA) is 0 Å². The molecular weight excluding hydrogens is 140 g/mol. The summed E-state index contributed by atoms with van der Waals surface area (Å²) in [4.78, 5) is 0. The van der Waals surface area contributed by atoms with Gasteiger partial charge >= 0.3 is 0 Å². The molecule has 0 aromatic rings. The standard InChI is InChI=1S/C9H14S/c1-2-6-9(10)7-4-3-5-8-9/h2,4,7,10H,1,3,5-6,8H2/t9-/m0/s1. The van der Waals surface area contributed by atoms with Crippen LogP contribution in [0, 0.1) is 0 Å². The summed E-state index contributed by atoms with van der Waals surface area (Å²) >= 11 is 4.57. The lowest BCUT2D eigenvalue weighted by molar-refractivity contribution is 0.594. The second-order valence-electron chi connectivity index (χ2n) is 2.89. The van der Waals surface area contributed by atoms with Gasteiger partial charge in [0, 0.05) is 4.75 Å². The molecule has 1 aliphatic carbocycles. The van der Waals surface area contributed by atoms with Crippen LogP contribution in [0.5, 0.6) is 0 Å². The molecule has 0 radical (unpaired) electrons. The quantitative estimate of drug-likeness (QED) is 0.459. The van der Waals surface area contributed by atoms with Crippen LogP contribution in [0.25, 0.3) is 0 Å². The average Bonchev–Trinajstić information content (AvgIpc) is 1.89. The fraction of sp³-hybridized carbons (Fsp3) is 0.556. The maximum absolute atomic E-state index is 4.57. The smallest absolute Gasteiger partial charge is 0.0343 e. The fourth-order valence-electron chi connectivity index (χ4n) is 1.33. The van der Waals surface area contributed by atoms with E-state index in [1.54, 1.807) is 0 Å². The molecule has 0 spiro atoms. The van der Waals surface area contributed by atoms with Gasteiger partial charge in [-0.1, -0.05) is 18.2 Å². The van der Waals surface area contributed by atoms with E-state index in [1.807, 2.05) is 6.08 Å². The summed E-state index contributed by atoms with van der Waals surface area (Å²) in [5, 5.41) is 0. The van der Waals surface area contributed by atoms with Gasteiger partial charge in [0.05, 0.1) is 0 Å². The second-order valence-corrected chi connectivity index (χ2v) is 3.78. The van der Waals surface area contributed by atoms with Crippen LogP contribution in [0.15, 0.2) is 24.8 Å². The Labute approximate surface area is 68.4 Å². The lowest BCUT2D eigenvalue weighted by atomic mass is 9.92. The molecule has 0 aromatic carbocycles. The molecule has 0 saturated carbocycles.